The summed E-state index contributed by atoms with van der Waals surface area (Å²) in [7, 11) is 0. The van der Waals surface area contributed by atoms with Crippen LogP contribution in [0.3, 0.4) is 0 Å². The second-order valence-corrected chi connectivity index (χ2v) is 5.87. The molecule has 1 aromatic carbocycles. The van der Waals surface area contributed by atoms with Crippen molar-refractivity contribution in [2.75, 3.05) is 0 Å². The van der Waals surface area contributed by atoms with Crippen molar-refractivity contribution >= 4 is 22.4 Å². The number of nitrogens with zero attached hydrogens (tertiary/aromatic N) is 3. The van der Waals surface area contributed by atoms with Gasteiger partial charge in [-0.3, -0.25) is 4.98 Å². The van der Waals surface area contributed by atoms with Crippen molar-refractivity contribution in [1.82, 2.24) is 15.0 Å². The average Bonchev–Trinajstić information content (AvgIpc) is 2.45. The summed E-state index contributed by atoms with van der Waals surface area (Å²) >= 11 is 6.16. The molecule has 4 heteroatoms. The Balaban J connectivity index is 2.16. The molecule has 0 N–H and O–H groups in total. The van der Waals surface area contributed by atoms with Crippen molar-refractivity contribution in [3.63, 3.8) is 0 Å². The minimum Gasteiger partial charge on any atom is -0.252 e. The van der Waals surface area contributed by atoms with Crippen LogP contribution < -0.4 is 0 Å². The van der Waals surface area contributed by atoms with Crippen molar-refractivity contribution in [3.05, 3.63) is 53.4 Å². The molecule has 3 aromatic rings. The van der Waals surface area contributed by atoms with Crippen LogP contribution in [0.25, 0.3) is 22.3 Å². The van der Waals surface area contributed by atoms with Crippen LogP contribution in [0.5, 0.6) is 0 Å². The lowest BCUT2D eigenvalue weighted by Gasteiger charge is -2.08. The van der Waals surface area contributed by atoms with Crippen LogP contribution in [0.4, 0.5) is 0 Å². The van der Waals surface area contributed by atoms with E-state index in [0.29, 0.717) is 16.9 Å². The van der Waals surface area contributed by atoms with E-state index < -0.39 is 0 Å². The van der Waals surface area contributed by atoms with Crippen LogP contribution in [0.15, 0.2) is 42.6 Å². The van der Waals surface area contributed by atoms with Gasteiger partial charge in [0.1, 0.15) is 10.8 Å². The molecule has 3 nitrogen and oxygen atoms in total. The maximum atomic E-state index is 6.16. The van der Waals surface area contributed by atoms with E-state index in [9.17, 15) is 0 Å². The number of benzene rings is 1. The zero-order valence-electron chi connectivity index (χ0n) is 12.0. The zero-order valence-corrected chi connectivity index (χ0v) is 12.8. The normalized spacial score (nSPS) is 11.2. The van der Waals surface area contributed by atoms with Crippen molar-refractivity contribution in [2.45, 2.75) is 20.3 Å². The van der Waals surface area contributed by atoms with Crippen molar-refractivity contribution in [3.8, 4) is 11.5 Å². The second-order valence-electron chi connectivity index (χ2n) is 5.48. The molecule has 3 rings (SSSR count). The highest BCUT2D eigenvalue weighted by Crippen LogP contribution is 2.25. The van der Waals surface area contributed by atoms with Crippen LogP contribution in [0, 0.1) is 5.92 Å². The van der Waals surface area contributed by atoms with Gasteiger partial charge in [-0.1, -0.05) is 49.7 Å². The molecular weight excluding hydrogens is 282 g/mol. The summed E-state index contributed by atoms with van der Waals surface area (Å²) in [5.41, 5.74) is 1.73. The number of hydrogen-bond acceptors (Lipinski definition) is 3. The lowest BCUT2D eigenvalue weighted by Crippen LogP contribution is -2.01. The zero-order chi connectivity index (χ0) is 14.8. The van der Waals surface area contributed by atoms with E-state index >= 15 is 0 Å². The first-order valence-electron chi connectivity index (χ1n) is 7.01. The summed E-state index contributed by atoms with van der Waals surface area (Å²) in [6.45, 7) is 4.32. The average molecular weight is 298 g/mol. The molecule has 0 saturated heterocycles. The fraction of sp³-hybridized carbons (Fsp3) is 0.235. The van der Waals surface area contributed by atoms with Crippen molar-refractivity contribution in [2.24, 2.45) is 5.92 Å². The van der Waals surface area contributed by atoms with Crippen LogP contribution in [0.1, 0.15) is 19.5 Å². The summed E-state index contributed by atoms with van der Waals surface area (Å²) in [5, 5.41) is 2.62. The minimum absolute atomic E-state index is 0.463. The molecule has 0 saturated carbocycles. The first kappa shape index (κ1) is 14.0. The smallest absolute Gasteiger partial charge is 0.180 e. The maximum Gasteiger partial charge on any atom is 0.180 e. The highest BCUT2D eigenvalue weighted by Gasteiger charge is 2.11. The number of pyridine rings is 1. The Morgan fingerprint density at radius 3 is 2.71 bits per heavy atom. The van der Waals surface area contributed by atoms with Gasteiger partial charge in [-0.25, -0.2) is 9.97 Å². The van der Waals surface area contributed by atoms with Gasteiger partial charge in [0.15, 0.2) is 5.82 Å². The van der Waals surface area contributed by atoms with Crippen LogP contribution >= 0.6 is 11.6 Å². The van der Waals surface area contributed by atoms with Gasteiger partial charge < -0.3 is 0 Å². The Labute approximate surface area is 129 Å². The SMILES string of the molecule is CC(C)Cc1cc(Cl)nc(-c2nccc3ccccc23)n1. The fourth-order valence-corrected chi connectivity index (χ4v) is 2.60. The van der Waals surface area contributed by atoms with Crippen LogP contribution in [-0.2, 0) is 6.42 Å². The van der Waals surface area contributed by atoms with Gasteiger partial charge in [-0.05, 0) is 29.9 Å². The molecule has 0 amide bonds. The monoisotopic (exact) mass is 297 g/mol. The Morgan fingerprint density at radius 2 is 1.90 bits per heavy atom. The molecule has 0 aliphatic heterocycles. The standard InChI is InChI=1S/C17H16ClN3/c1-11(2)9-13-10-15(18)21-17(20-13)16-14-6-4-3-5-12(14)7-8-19-16/h3-8,10-11H,9H2,1-2H3. The van der Waals surface area contributed by atoms with Gasteiger partial charge in [-0.2, -0.15) is 0 Å². The minimum atomic E-state index is 0.463. The van der Waals surface area contributed by atoms with Crippen molar-refractivity contribution < 1.29 is 0 Å². The van der Waals surface area contributed by atoms with Gasteiger partial charge in [0.2, 0.25) is 0 Å². The van der Waals surface area contributed by atoms with E-state index in [1.54, 1.807) is 6.20 Å². The second kappa shape index (κ2) is 5.78. The first-order valence-corrected chi connectivity index (χ1v) is 7.39. The number of rotatable bonds is 3. The first-order chi connectivity index (χ1) is 10.1. The molecule has 2 aromatic heterocycles. The van der Waals surface area contributed by atoms with E-state index in [1.807, 2.05) is 30.3 Å². The summed E-state index contributed by atoms with van der Waals surface area (Å²) in [6.07, 6.45) is 2.66. The Bertz CT molecular complexity index is 779. The van der Waals surface area contributed by atoms with Gasteiger partial charge in [0, 0.05) is 17.3 Å². The van der Waals surface area contributed by atoms with Crippen molar-refractivity contribution in [1.29, 1.82) is 0 Å². The lowest BCUT2D eigenvalue weighted by atomic mass is 10.1. The molecule has 106 valence electrons. The summed E-state index contributed by atoms with van der Waals surface area (Å²) in [4.78, 5) is 13.4. The van der Waals surface area contributed by atoms with Gasteiger partial charge >= 0.3 is 0 Å². The number of hydrogen-bond donors (Lipinski definition) is 0. The van der Waals surface area contributed by atoms with Crippen LogP contribution in [0.2, 0.25) is 5.15 Å². The van der Waals surface area contributed by atoms with Gasteiger partial charge in [0.25, 0.3) is 0 Å². The quantitative estimate of drug-likeness (QED) is 0.666. The maximum absolute atomic E-state index is 6.16. The molecule has 0 fully saturated rings. The third-order valence-corrected chi connectivity index (χ3v) is 3.44. The highest BCUT2D eigenvalue weighted by molar-refractivity contribution is 6.29. The molecule has 0 radical (unpaired) electrons. The molecule has 0 unspecified atom stereocenters. The number of aromatic nitrogens is 3. The number of fused-ring (bicyclic) bond motifs is 1. The Hall–Kier alpha value is -2.00. The molecule has 0 aliphatic rings. The fourth-order valence-electron chi connectivity index (χ4n) is 2.39. The van der Waals surface area contributed by atoms with E-state index in [2.05, 4.69) is 34.9 Å². The van der Waals surface area contributed by atoms with Crippen LogP contribution in [-0.4, -0.2) is 15.0 Å². The predicted molar refractivity (Wildman–Crippen MR) is 86.3 cm³/mol. The molecule has 0 aliphatic carbocycles. The largest absolute Gasteiger partial charge is 0.252 e. The van der Waals surface area contributed by atoms with E-state index in [4.69, 9.17) is 11.6 Å². The molecule has 0 bridgehead atoms. The Morgan fingerprint density at radius 1 is 1.10 bits per heavy atom. The number of halogens is 1. The molecule has 2 heterocycles. The molecule has 21 heavy (non-hydrogen) atoms. The Kier molecular flexibility index (Phi) is 3.84. The molecule has 0 atom stereocenters. The molecular formula is C17H16ClN3. The van der Waals surface area contributed by atoms with E-state index in [1.165, 1.54) is 0 Å². The van der Waals surface area contributed by atoms with Gasteiger partial charge in [-0.15, -0.1) is 0 Å². The summed E-state index contributed by atoms with van der Waals surface area (Å²) in [6, 6.07) is 11.9. The molecule has 0 spiro atoms. The lowest BCUT2D eigenvalue weighted by molar-refractivity contribution is 0.634. The van der Waals surface area contributed by atoms with E-state index in [0.717, 1.165) is 28.6 Å². The highest BCUT2D eigenvalue weighted by atomic mass is 35.5. The predicted octanol–water partition coefficient (Wildman–Crippen LogP) is 4.54. The topological polar surface area (TPSA) is 38.7 Å². The van der Waals surface area contributed by atoms with E-state index in [-0.39, 0.29) is 0 Å². The third-order valence-electron chi connectivity index (χ3n) is 3.25. The third kappa shape index (κ3) is 3.03. The summed E-state index contributed by atoms with van der Waals surface area (Å²) in [5.74, 6) is 1.11. The van der Waals surface area contributed by atoms with Gasteiger partial charge in [0.05, 0.1) is 0 Å². The summed E-state index contributed by atoms with van der Waals surface area (Å²) < 4.78 is 0.